The first-order valence-electron chi connectivity index (χ1n) is 5.30. The number of ether oxygens (including phenoxy) is 1. The third kappa shape index (κ3) is 3.29. The van der Waals surface area contributed by atoms with E-state index in [1.54, 1.807) is 6.92 Å². The molecule has 0 bridgehead atoms. The van der Waals surface area contributed by atoms with E-state index in [0.29, 0.717) is 12.1 Å². The zero-order chi connectivity index (χ0) is 13.9. The van der Waals surface area contributed by atoms with Crippen LogP contribution in [0.4, 0.5) is 17.6 Å². The average Bonchev–Trinajstić information content (AvgIpc) is 2.26. The van der Waals surface area contributed by atoms with Crippen LogP contribution in [0.1, 0.15) is 29.8 Å². The molecule has 0 aliphatic heterocycles. The van der Waals surface area contributed by atoms with E-state index < -0.39 is 29.4 Å². The van der Waals surface area contributed by atoms with Crippen molar-refractivity contribution in [2.24, 2.45) is 0 Å². The van der Waals surface area contributed by atoms with Crippen molar-refractivity contribution in [3.8, 4) is 0 Å². The molecule has 1 unspecified atom stereocenters. The lowest BCUT2D eigenvalue weighted by Gasteiger charge is -2.12. The van der Waals surface area contributed by atoms with Gasteiger partial charge in [0.2, 0.25) is 0 Å². The second kappa shape index (κ2) is 5.48. The standard InChI is InChI=1S/C12H12F4O2/c1-3-18-7(2)11(17)8-4-5-9(10(13)6-8)12(14,15)16/h4-7H,3H2,1-2H3. The highest BCUT2D eigenvalue weighted by Gasteiger charge is 2.34. The maximum Gasteiger partial charge on any atom is 0.419 e. The van der Waals surface area contributed by atoms with E-state index in [9.17, 15) is 22.4 Å². The molecule has 0 spiro atoms. The third-order valence-electron chi connectivity index (χ3n) is 2.34. The summed E-state index contributed by atoms with van der Waals surface area (Å²) in [6.45, 7) is 3.43. The Hall–Kier alpha value is -1.43. The van der Waals surface area contributed by atoms with E-state index in [4.69, 9.17) is 4.74 Å². The van der Waals surface area contributed by atoms with Gasteiger partial charge in [0.25, 0.3) is 0 Å². The van der Waals surface area contributed by atoms with Crippen LogP contribution in [0, 0.1) is 5.82 Å². The second-order valence-electron chi connectivity index (χ2n) is 3.65. The van der Waals surface area contributed by atoms with Gasteiger partial charge >= 0.3 is 6.18 Å². The lowest BCUT2D eigenvalue weighted by molar-refractivity contribution is -0.140. The number of ketones is 1. The van der Waals surface area contributed by atoms with Crippen molar-refractivity contribution in [3.63, 3.8) is 0 Å². The molecule has 18 heavy (non-hydrogen) atoms. The molecule has 0 amide bonds. The molecule has 0 saturated carbocycles. The number of hydrogen-bond donors (Lipinski definition) is 0. The summed E-state index contributed by atoms with van der Waals surface area (Å²) in [5.41, 5.74) is -1.52. The number of hydrogen-bond acceptors (Lipinski definition) is 2. The maximum atomic E-state index is 13.2. The number of alkyl halides is 3. The third-order valence-corrected chi connectivity index (χ3v) is 2.34. The second-order valence-corrected chi connectivity index (χ2v) is 3.65. The molecule has 0 N–H and O–H groups in total. The van der Waals surface area contributed by atoms with Gasteiger partial charge in [0, 0.05) is 12.2 Å². The van der Waals surface area contributed by atoms with Crippen molar-refractivity contribution < 1.29 is 27.1 Å². The van der Waals surface area contributed by atoms with Crippen molar-refractivity contribution in [2.75, 3.05) is 6.61 Å². The molecule has 0 fully saturated rings. The van der Waals surface area contributed by atoms with Crippen molar-refractivity contribution in [1.29, 1.82) is 0 Å². The molecule has 0 aliphatic rings. The van der Waals surface area contributed by atoms with Crippen LogP contribution in [-0.4, -0.2) is 18.5 Å². The average molecular weight is 264 g/mol. The molecule has 6 heteroatoms. The number of halogens is 4. The van der Waals surface area contributed by atoms with Gasteiger partial charge in [0.1, 0.15) is 11.9 Å². The molecule has 0 heterocycles. The minimum absolute atomic E-state index is 0.138. The van der Waals surface area contributed by atoms with Crippen LogP contribution in [0.5, 0.6) is 0 Å². The number of benzene rings is 1. The van der Waals surface area contributed by atoms with Crippen LogP contribution in [0.3, 0.4) is 0 Å². The summed E-state index contributed by atoms with van der Waals surface area (Å²) in [5, 5.41) is 0. The maximum absolute atomic E-state index is 13.2. The zero-order valence-electron chi connectivity index (χ0n) is 9.84. The summed E-state index contributed by atoms with van der Waals surface area (Å²) in [6.07, 6.45) is -5.58. The highest BCUT2D eigenvalue weighted by Crippen LogP contribution is 2.31. The summed E-state index contributed by atoms with van der Waals surface area (Å²) in [7, 11) is 0. The Balaban J connectivity index is 3.01. The van der Waals surface area contributed by atoms with Crippen LogP contribution >= 0.6 is 0 Å². The first-order valence-corrected chi connectivity index (χ1v) is 5.30. The molecule has 0 radical (unpaired) electrons. The summed E-state index contributed by atoms with van der Waals surface area (Å²) >= 11 is 0. The van der Waals surface area contributed by atoms with Gasteiger partial charge in [-0.15, -0.1) is 0 Å². The van der Waals surface area contributed by atoms with Gasteiger partial charge in [0.05, 0.1) is 5.56 Å². The van der Waals surface area contributed by atoms with E-state index >= 15 is 0 Å². The quantitative estimate of drug-likeness (QED) is 0.615. The highest BCUT2D eigenvalue weighted by molar-refractivity contribution is 5.99. The van der Waals surface area contributed by atoms with Crippen LogP contribution in [0.25, 0.3) is 0 Å². The molecular weight excluding hydrogens is 252 g/mol. The Bertz CT molecular complexity index is 440. The van der Waals surface area contributed by atoms with Crippen molar-refractivity contribution >= 4 is 5.78 Å². The van der Waals surface area contributed by atoms with Gasteiger partial charge in [0.15, 0.2) is 5.78 Å². The molecule has 1 aromatic carbocycles. The highest BCUT2D eigenvalue weighted by atomic mass is 19.4. The topological polar surface area (TPSA) is 26.3 Å². The molecule has 100 valence electrons. The number of rotatable bonds is 4. The summed E-state index contributed by atoms with van der Waals surface area (Å²) in [6, 6.07) is 2.09. The normalized spacial score (nSPS) is 13.4. The molecule has 0 saturated heterocycles. The van der Waals surface area contributed by atoms with E-state index in [2.05, 4.69) is 0 Å². The minimum atomic E-state index is -4.77. The summed E-state index contributed by atoms with van der Waals surface area (Å²) < 4.78 is 55.2. The van der Waals surface area contributed by atoms with Crippen LogP contribution in [0.15, 0.2) is 18.2 Å². The van der Waals surface area contributed by atoms with E-state index in [1.807, 2.05) is 0 Å². The van der Waals surface area contributed by atoms with E-state index in [1.165, 1.54) is 6.92 Å². The fraction of sp³-hybridized carbons (Fsp3) is 0.417. The Morgan fingerprint density at radius 2 is 2.00 bits per heavy atom. The van der Waals surface area contributed by atoms with Gasteiger partial charge < -0.3 is 4.74 Å². The Morgan fingerprint density at radius 1 is 1.39 bits per heavy atom. The number of carbonyl (C=O) groups is 1. The molecule has 1 aromatic rings. The lowest BCUT2D eigenvalue weighted by Crippen LogP contribution is -2.21. The van der Waals surface area contributed by atoms with Gasteiger partial charge in [-0.3, -0.25) is 4.79 Å². The largest absolute Gasteiger partial charge is 0.419 e. The van der Waals surface area contributed by atoms with Crippen molar-refractivity contribution in [1.82, 2.24) is 0 Å². The predicted molar refractivity (Wildman–Crippen MR) is 56.8 cm³/mol. The van der Waals surface area contributed by atoms with Crippen LogP contribution in [0.2, 0.25) is 0 Å². The molecular formula is C12H12F4O2. The van der Waals surface area contributed by atoms with E-state index in [0.717, 1.165) is 6.07 Å². The van der Waals surface area contributed by atoms with Gasteiger partial charge in [-0.2, -0.15) is 13.2 Å². The van der Waals surface area contributed by atoms with Crippen molar-refractivity contribution in [2.45, 2.75) is 26.1 Å². The minimum Gasteiger partial charge on any atom is -0.371 e. The molecule has 0 aliphatic carbocycles. The van der Waals surface area contributed by atoms with E-state index in [-0.39, 0.29) is 12.2 Å². The van der Waals surface area contributed by atoms with Gasteiger partial charge in [-0.1, -0.05) is 6.07 Å². The SMILES string of the molecule is CCOC(C)C(=O)c1ccc(C(F)(F)F)c(F)c1. The van der Waals surface area contributed by atoms with Crippen molar-refractivity contribution in [3.05, 3.63) is 35.1 Å². The predicted octanol–water partition coefficient (Wildman–Crippen LogP) is 3.45. The lowest BCUT2D eigenvalue weighted by atomic mass is 10.0. The van der Waals surface area contributed by atoms with Crippen LogP contribution in [-0.2, 0) is 10.9 Å². The molecule has 1 rings (SSSR count). The van der Waals surface area contributed by atoms with Gasteiger partial charge in [-0.05, 0) is 26.0 Å². The fourth-order valence-electron chi connectivity index (χ4n) is 1.46. The molecule has 2 nitrogen and oxygen atoms in total. The Kier molecular flexibility index (Phi) is 4.45. The number of Topliss-reactive ketones (excluding diaryl/α,β-unsaturated/α-hetero) is 1. The number of carbonyl (C=O) groups excluding carboxylic acids is 1. The zero-order valence-corrected chi connectivity index (χ0v) is 9.84. The Labute approximate surface area is 102 Å². The first kappa shape index (κ1) is 14.6. The smallest absolute Gasteiger partial charge is 0.371 e. The fourth-order valence-corrected chi connectivity index (χ4v) is 1.46. The van der Waals surface area contributed by atoms with Crippen LogP contribution < -0.4 is 0 Å². The first-order chi connectivity index (χ1) is 8.27. The molecule has 1 atom stereocenters. The van der Waals surface area contributed by atoms with Gasteiger partial charge in [-0.25, -0.2) is 4.39 Å². The summed E-state index contributed by atoms with van der Waals surface area (Å²) in [4.78, 5) is 11.7. The summed E-state index contributed by atoms with van der Waals surface area (Å²) in [5.74, 6) is -2.01. The monoisotopic (exact) mass is 264 g/mol. The Morgan fingerprint density at radius 3 is 2.44 bits per heavy atom. The molecule has 0 aromatic heterocycles.